The molecule has 1 aliphatic rings. The lowest BCUT2D eigenvalue weighted by atomic mass is 10.0. The van der Waals surface area contributed by atoms with E-state index in [2.05, 4.69) is 11.5 Å². The minimum absolute atomic E-state index is 0.0198. The third kappa shape index (κ3) is 2.75. The number of nitrogens with zero attached hydrogens (tertiary/aromatic N) is 2. The number of nitro benzene ring substituents is 1. The Bertz CT molecular complexity index is 536. The van der Waals surface area contributed by atoms with Crippen molar-refractivity contribution in [3.63, 3.8) is 0 Å². The van der Waals surface area contributed by atoms with E-state index in [1.54, 1.807) is 13.0 Å². The Labute approximate surface area is 117 Å². The summed E-state index contributed by atoms with van der Waals surface area (Å²) in [6.07, 6.45) is 0. The van der Waals surface area contributed by atoms with Crippen molar-refractivity contribution >= 4 is 16.9 Å². The standard InChI is InChI=1S/C14H18N2O4/c1-10(2)11-8-13(15-4-6-20-7-5-15)14(19-3)9-12(11)16(17)18/h8-9H,1,4-7H2,2-3H3. The number of methoxy groups -OCH3 is 1. The summed E-state index contributed by atoms with van der Waals surface area (Å²) in [7, 11) is 1.52. The highest BCUT2D eigenvalue weighted by molar-refractivity contribution is 5.77. The van der Waals surface area contributed by atoms with E-state index in [0.29, 0.717) is 30.1 Å². The topological polar surface area (TPSA) is 64.8 Å². The van der Waals surface area contributed by atoms with Gasteiger partial charge in [0.05, 0.1) is 42.6 Å². The number of ether oxygens (including phenoxy) is 2. The number of morpholine rings is 1. The molecule has 6 nitrogen and oxygen atoms in total. The Balaban J connectivity index is 2.52. The normalized spacial score (nSPS) is 15.0. The van der Waals surface area contributed by atoms with Gasteiger partial charge in [-0.05, 0) is 18.6 Å². The maximum atomic E-state index is 11.2. The van der Waals surface area contributed by atoms with Crippen molar-refractivity contribution in [2.75, 3.05) is 38.3 Å². The van der Waals surface area contributed by atoms with Gasteiger partial charge in [-0.2, -0.15) is 0 Å². The lowest BCUT2D eigenvalue weighted by Gasteiger charge is -2.30. The third-order valence-corrected chi connectivity index (χ3v) is 3.31. The second-order valence-electron chi connectivity index (χ2n) is 4.68. The highest BCUT2D eigenvalue weighted by atomic mass is 16.6. The van der Waals surface area contributed by atoms with E-state index in [1.165, 1.54) is 13.2 Å². The zero-order valence-corrected chi connectivity index (χ0v) is 11.7. The summed E-state index contributed by atoms with van der Waals surface area (Å²) >= 11 is 0. The summed E-state index contributed by atoms with van der Waals surface area (Å²) in [6.45, 7) is 8.35. The molecule has 1 aliphatic heterocycles. The molecule has 0 amide bonds. The molecule has 0 unspecified atom stereocenters. The minimum atomic E-state index is -0.407. The molecule has 0 atom stereocenters. The summed E-state index contributed by atoms with van der Waals surface area (Å²) in [4.78, 5) is 12.9. The quantitative estimate of drug-likeness (QED) is 0.625. The second kappa shape index (κ2) is 5.92. The van der Waals surface area contributed by atoms with Crippen molar-refractivity contribution in [1.82, 2.24) is 0 Å². The average molecular weight is 278 g/mol. The van der Waals surface area contributed by atoms with Crippen LogP contribution in [0, 0.1) is 10.1 Å². The number of anilines is 1. The van der Waals surface area contributed by atoms with Gasteiger partial charge in [-0.3, -0.25) is 10.1 Å². The zero-order chi connectivity index (χ0) is 14.7. The number of nitro groups is 1. The van der Waals surface area contributed by atoms with Crippen molar-refractivity contribution in [3.05, 3.63) is 34.4 Å². The Morgan fingerprint density at radius 3 is 2.60 bits per heavy atom. The van der Waals surface area contributed by atoms with Gasteiger partial charge in [0.2, 0.25) is 0 Å². The zero-order valence-electron chi connectivity index (χ0n) is 11.7. The van der Waals surface area contributed by atoms with Crippen molar-refractivity contribution in [2.24, 2.45) is 0 Å². The van der Waals surface area contributed by atoms with Crippen LogP contribution in [0.3, 0.4) is 0 Å². The van der Waals surface area contributed by atoms with Crippen LogP contribution in [-0.4, -0.2) is 38.3 Å². The third-order valence-electron chi connectivity index (χ3n) is 3.31. The van der Waals surface area contributed by atoms with Crippen molar-refractivity contribution in [3.8, 4) is 5.75 Å². The van der Waals surface area contributed by atoms with Crippen LogP contribution in [0.4, 0.5) is 11.4 Å². The predicted octanol–water partition coefficient (Wildman–Crippen LogP) is 2.47. The summed E-state index contributed by atoms with van der Waals surface area (Å²) < 4.78 is 10.6. The lowest BCUT2D eigenvalue weighted by molar-refractivity contribution is -0.385. The van der Waals surface area contributed by atoms with Gasteiger partial charge in [-0.15, -0.1) is 0 Å². The first-order valence-electron chi connectivity index (χ1n) is 6.39. The van der Waals surface area contributed by atoms with Crippen LogP contribution < -0.4 is 9.64 Å². The fourth-order valence-corrected chi connectivity index (χ4v) is 2.27. The Morgan fingerprint density at radius 1 is 1.45 bits per heavy atom. The molecule has 0 saturated carbocycles. The molecule has 108 valence electrons. The number of benzene rings is 1. The monoisotopic (exact) mass is 278 g/mol. The number of allylic oxidation sites excluding steroid dienone is 1. The predicted molar refractivity (Wildman–Crippen MR) is 77.4 cm³/mol. The molecule has 20 heavy (non-hydrogen) atoms. The van der Waals surface area contributed by atoms with Crippen LogP contribution in [0.5, 0.6) is 5.75 Å². The Kier molecular flexibility index (Phi) is 4.24. The van der Waals surface area contributed by atoms with Crippen molar-refractivity contribution in [1.29, 1.82) is 0 Å². The molecule has 1 aromatic carbocycles. The van der Waals surface area contributed by atoms with Crippen LogP contribution in [0.2, 0.25) is 0 Å². The van der Waals surface area contributed by atoms with Gasteiger partial charge in [-0.25, -0.2) is 0 Å². The highest BCUT2D eigenvalue weighted by Gasteiger charge is 2.23. The lowest BCUT2D eigenvalue weighted by Crippen LogP contribution is -2.36. The molecule has 1 fully saturated rings. The summed E-state index contributed by atoms with van der Waals surface area (Å²) in [5.41, 5.74) is 2.07. The Morgan fingerprint density at radius 2 is 2.10 bits per heavy atom. The van der Waals surface area contributed by atoms with Gasteiger partial charge in [0.15, 0.2) is 0 Å². The molecule has 2 rings (SSSR count). The molecular formula is C14H18N2O4. The average Bonchev–Trinajstić information content (AvgIpc) is 2.46. The highest BCUT2D eigenvalue weighted by Crippen LogP contribution is 2.38. The summed E-state index contributed by atoms with van der Waals surface area (Å²) in [6, 6.07) is 3.25. The van der Waals surface area contributed by atoms with E-state index in [9.17, 15) is 10.1 Å². The molecule has 1 heterocycles. The first kappa shape index (κ1) is 14.3. The first-order chi connectivity index (χ1) is 9.54. The number of rotatable bonds is 4. The fraction of sp³-hybridized carbons (Fsp3) is 0.429. The number of hydrogen-bond acceptors (Lipinski definition) is 5. The first-order valence-corrected chi connectivity index (χ1v) is 6.39. The van der Waals surface area contributed by atoms with E-state index in [0.717, 1.165) is 18.8 Å². The van der Waals surface area contributed by atoms with Gasteiger partial charge >= 0.3 is 0 Å². The van der Waals surface area contributed by atoms with Crippen LogP contribution in [-0.2, 0) is 4.74 Å². The molecule has 0 N–H and O–H groups in total. The Hall–Kier alpha value is -2.08. The van der Waals surface area contributed by atoms with Crippen LogP contribution >= 0.6 is 0 Å². The van der Waals surface area contributed by atoms with Crippen LogP contribution in [0.15, 0.2) is 18.7 Å². The molecule has 1 saturated heterocycles. The minimum Gasteiger partial charge on any atom is -0.494 e. The fourth-order valence-electron chi connectivity index (χ4n) is 2.27. The smallest absolute Gasteiger partial charge is 0.280 e. The van der Waals surface area contributed by atoms with Gasteiger partial charge in [0, 0.05) is 13.1 Å². The van der Waals surface area contributed by atoms with E-state index in [-0.39, 0.29) is 5.69 Å². The summed E-state index contributed by atoms with van der Waals surface area (Å²) in [5, 5.41) is 11.2. The van der Waals surface area contributed by atoms with Gasteiger partial charge in [-0.1, -0.05) is 6.58 Å². The van der Waals surface area contributed by atoms with E-state index in [1.807, 2.05) is 0 Å². The van der Waals surface area contributed by atoms with Crippen molar-refractivity contribution in [2.45, 2.75) is 6.92 Å². The molecule has 1 aromatic rings. The molecule has 6 heteroatoms. The molecule has 0 bridgehead atoms. The molecule has 0 spiro atoms. The van der Waals surface area contributed by atoms with Crippen molar-refractivity contribution < 1.29 is 14.4 Å². The van der Waals surface area contributed by atoms with Crippen LogP contribution in [0.25, 0.3) is 5.57 Å². The van der Waals surface area contributed by atoms with Gasteiger partial charge in [0.1, 0.15) is 5.75 Å². The molecular weight excluding hydrogens is 260 g/mol. The summed E-state index contributed by atoms with van der Waals surface area (Å²) in [5.74, 6) is 0.503. The van der Waals surface area contributed by atoms with Gasteiger partial charge in [0.25, 0.3) is 5.69 Å². The van der Waals surface area contributed by atoms with Crippen LogP contribution in [0.1, 0.15) is 12.5 Å². The van der Waals surface area contributed by atoms with Gasteiger partial charge < -0.3 is 14.4 Å². The molecule has 0 aliphatic carbocycles. The van der Waals surface area contributed by atoms with E-state index in [4.69, 9.17) is 9.47 Å². The maximum absolute atomic E-state index is 11.2. The molecule has 0 aromatic heterocycles. The maximum Gasteiger partial charge on any atom is 0.280 e. The van der Waals surface area contributed by atoms with E-state index >= 15 is 0 Å². The van der Waals surface area contributed by atoms with E-state index < -0.39 is 4.92 Å². The molecule has 0 radical (unpaired) electrons. The largest absolute Gasteiger partial charge is 0.494 e. The SMILES string of the molecule is C=C(C)c1cc(N2CCOCC2)c(OC)cc1[N+](=O)[O-]. The number of hydrogen-bond donors (Lipinski definition) is 0. The second-order valence-corrected chi connectivity index (χ2v) is 4.68.